The Kier molecular flexibility index (Phi) is 4.57. The predicted molar refractivity (Wildman–Crippen MR) is 79.2 cm³/mol. The SMILES string of the molecule is COc1ccc(CNc2cc(Br)ccc2C(=O)O)cn1. The van der Waals surface area contributed by atoms with Crippen molar-refractivity contribution in [3.63, 3.8) is 0 Å². The lowest BCUT2D eigenvalue weighted by Crippen LogP contribution is -2.06. The van der Waals surface area contributed by atoms with Crippen LogP contribution in [-0.4, -0.2) is 23.2 Å². The van der Waals surface area contributed by atoms with Gasteiger partial charge in [-0.15, -0.1) is 0 Å². The number of hydrogen-bond acceptors (Lipinski definition) is 4. The highest BCUT2D eigenvalue weighted by molar-refractivity contribution is 9.10. The zero-order chi connectivity index (χ0) is 14.5. The Hall–Kier alpha value is -2.08. The fourth-order valence-corrected chi connectivity index (χ4v) is 2.04. The number of carbonyl (C=O) groups is 1. The van der Waals surface area contributed by atoms with E-state index in [2.05, 4.69) is 26.2 Å². The van der Waals surface area contributed by atoms with Gasteiger partial charge in [0.25, 0.3) is 0 Å². The average Bonchev–Trinajstić information content (AvgIpc) is 2.45. The number of benzene rings is 1. The summed E-state index contributed by atoms with van der Waals surface area (Å²) in [6, 6.07) is 8.62. The molecule has 0 aliphatic heterocycles. The maximum absolute atomic E-state index is 11.1. The van der Waals surface area contributed by atoms with E-state index in [1.165, 1.54) is 0 Å². The molecule has 0 bridgehead atoms. The summed E-state index contributed by atoms with van der Waals surface area (Å²) in [4.78, 5) is 15.2. The first-order valence-electron chi connectivity index (χ1n) is 5.86. The van der Waals surface area contributed by atoms with Crippen LogP contribution in [0.5, 0.6) is 5.88 Å². The third kappa shape index (κ3) is 3.48. The summed E-state index contributed by atoms with van der Waals surface area (Å²) in [5.41, 5.74) is 1.72. The molecule has 2 N–H and O–H groups in total. The fourth-order valence-electron chi connectivity index (χ4n) is 1.68. The molecule has 0 unspecified atom stereocenters. The highest BCUT2D eigenvalue weighted by Crippen LogP contribution is 2.22. The summed E-state index contributed by atoms with van der Waals surface area (Å²) < 4.78 is 5.80. The maximum atomic E-state index is 11.1. The number of nitrogens with zero attached hydrogens (tertiary/aromatic N) is 1. The number of rotatable bonds is 5. The molecule has 1 heterocycles. The zero-order valence-electron chi connectivity index (χ0n) is 10.8. The molecule has 5 nitrogen and oxygen atoms in total. The van der Waals surface area contributed by atoms with Crippen molar-refractivity contribution in [2.24, 2.45) is 0 Å². The Morgan fingerprint density at radius 3 is 2.80 bits per heavy atom. The molecule has 2 aromatic rings. The van der Waals surface area contributed by atoms with Gasteiger partial charge >= 0.3 is 5.97 Å². The summed E-state index contributed by atoms with van der Waals surface area (Å²) in [6.45, 7) is 0.480. The van der Waals surface area contributed by atoms with Gasteiger partial charge in [-0.1, -0.05) is 22.0 Å². The Labute approximate surface area is 124 Å². The lowest BCUT2D eigenvalue weighted by atomic mass is 10.1. The number of aromatic carboxylic acids is 1. The van der Waals surface area contributed by atoms with Crippen molar-refractivity contribution in [2.75, 3.05) is 12.4 Å². The number of halogens is 1. The van der Waals surface area contributed by atoms with Crippen molar-refractivity contribution in [2.45, 2.75) is 6.54 Å². The largest absolute Gasteiger partial charge is 0.481 e. The lowest BCUT2D eigenvalue weighted by molar-refractivity contribution is 0.0698. The number of methoxy groups -OCH3 is 1. The molecule has 0 aliphatic rings. The minimum absolute atomic E-state index is 0.231. The molecule has 0 amide bonds. The van der Waals surface area contributed by atoms with Crippen LogP contribution in [0.2, 0.25) is 0 Å². The molecule has 0 saturated carbocycles. The normalized spacial score (nSPS) is 10.1. The van der Waals surface area contributed by atoms with Crippen molar-refractivity contribution < 1.29 is 14.6 Å². The molecule has 0 saturated heterocycles. The number of pyridine rings is 1. The third-order valence-corrected chi connectivity index (χ3v) is 3.19. The molecular formula is C14H13BrN2O3. The topological polar surface area (TPSA) is 71.5 Å². The predicted octanol–water partition coefficient (Wildman–Crippen LogP) is 3.16. The van der Waals surface area contributed by atoms with E-state index in [-0.39, 0.29) is 5.56 Å². The highest BCUT2D eigenvalue weighted by Gasteiger charge is 2.10. The fraction of sp³-hybridized carbons (Fsp3) is 0.143. The number of nitrogens with one attached hydrogen (secondary N) is 1. The van der Waals surface area contributed by atoms with Gasteiger partial charge in [0.15, 0.2) is 0 Å². The van der Waals surface area contributed by atoms with Gasteiger partial charge in [0.05, 0.1) is 18.4 Å². The Morgan fingerprint density at radius 2 is 2.20 bits per heavy atom. The first-order chi connectivity index (χ1) is 9.60. The maximum Gasteiger partial charge on any atom is 0.337 e. The number of anilines is 1. The molecule has 0 atom stereocenters. The summed E-state index contributed by atoms with van der Waals surface area (Å²) >= 11 is 3.33. The second-order valence-electron chi connectivity index (χ2n) is 4.06. The van der Waals surface area contributed by atoms with Crippen LogP contribution in [0.3, 0.4) is 0 Å². The average molecular weight is 337 g/mol. The van der Waals surface area contributed by atoms with Crippen LogP contribution in [0, 0.1) is 0 Å². The summed E-state index contributed by atoms with van der Waals surface area (Å²) in [5, 5.41) is 12.2. The van der Waals surface area contributed by atoms with Gasteiger partial charge in [0.2, 0.25) is 5.88 Å². The molecule has 20 heavy (non-hydrogen) atoms. The second kappa shape index (κ2) is 6.38. The Balaban J connectivity index is 2.13. The highest BCUT2D eigenvalue weighted by atomic mass is 79.9. The van der Waals surface area contributed by atoms with E-state index >= 15 is 0 Å². The van der Waals surface area contributed by atoms with Gasteiger partial charge in [0, 0.05) is 23.3 Å². The third-order valence-electron chi connectivity index (χ3n) is 2.70. The monoisotopic (exact) mass is 336 g/mol. The molecule has 1 aromatic heterocycles. The van der Waals surface area contributed by atoms with Crippen LogP contribution in [0.25, 0.3) is 0 Å². The number of hydrogen-bond donors (Lipinski definition) is 2. The lowest BCUT2D eigenvalue weighted by Gasteiger charge is -2.10. The van der Waals surface area contributed by atoms with Crippen molar-refractivity contribution in [3.05, 3.63) is 52.1 Å². The summed E-state index contributed by atoms with van der Waals surface area (Å²) in [5.74, 6) is -0.421. The van der Waals surface area contributed by atoms with E-state index in [1.54, 1.807) is 37.6 Å². The van der Waals surface area contributed by atoms with Crippen LogP contribution in [0.4, 0.5) is 5.69 Å². The van der Waals surface area contributed by atoms with Crippen LogP contribution < -0.4 is 10.1 Å². The van der Waals surface area contributed by atoms with E-state index in [9.17, 15) is 4.79 Å². The molecule has 0 aliphatic carbocycles. The van der Waals surface area contributed by atoms with Crippen molar-refractivity contribution >= 4 is 27.6 Å². The van der Waals surface area contributed by atoms with Gasteiger partial charge in [0.1, 0.15) is 0 Å². The Bertz CT molecular complexity index is 614. The van der Waals surface area contributed by atoms with Gasteiger partial charge in [-0.2, -0.15) is 0 Å². The van der Waals surface area contributed by atoms with Crippen LogP contribution >= 0.6 is 15.9 Å². The zero-order valence-corrected chi connectivity index (χ0v) is 12.3. The molecule has 104 valence electrons. The Morgan fingerprint density at radius 1 is 1.40 bits per heavy atom. The minimum atomic E-state index is -0.965. The van der Waals surface area contributed by atoms with E-state index in [0.29, 0.717) is 18.1 Å². The quantitative estimate of drug-likeness (QED) is 0.877. The van der Waals surface area contributed by atoms with Crippen LogP contribution in [0.15, 0.2) is 41.0 Å². The molecule has 6 heteroatoms. The van der Waals surface area contributed by atoms with Crippen molar-refractivity contribution in [3.8, 4) is 5.88 Å². The van der Waals surface area contributed by atoms with Crippen molar-refractivity contribution in [1.82, 2.24) is 4.98 Å². The standard InChI is InChI=1S/C14H13BrN2O3/c1-20-13-5-2-9(8-17-13)7-16-12-6-10(15)3-4-11(12)14(18)19/h2-6,8,16H,7H2,1H3,(H,18,19). The molecular weight excluding hydrogens is 324 g/mol. The molecule has 0 fully saturated rings. The van der Waals surface area contributed by atoms with Gasteiger partial charge in [-0.05, 0) is 23.8 Å². The number of aromatic nitrogens is 1. The number of carboxylic acid groups (broad SMARTS) is 1. The number of ether oxygens (including phenoxy) is 1. The van der Waals surface area contributed by atoms with E-state index in [1.807, 2.05) is 6.07 Å². The van der Waals surface area contributed by atoms with Crippen LogP contribution in [-0.2, 0) is 6.54 Å². The first kappa shape index (κ1) is 14.3. The second-order valence-corrected chi connectivity index (χ2v) is 4.97. The number of carboxylic acids is 1. The van der Waals surface area contributed by atoms with Gasteiger partial charge in [-0.3, -0.25) is 0 Å². The van der Waals surface area contributed by atoms with Gasteiger partial charge < -0.3 is 15.2 Å². The molecule has 1 aromatic carbocycles. The summed E-state index contributed by atoms with van der Waals surface area (Å²) in [7, 11) is 1.56. The molecule has 2 rings (SSSR count). The smallest absolute Gasteiger partial charge is 0.337 e. The summed E-state index contributed by atoms with van der Waals surface area (Å²) in [6.07, 6.45) is 1.68. The first-order valence-corrected chi connectivity index (χ1v) is 6.65. The van der Waals surface area contributed by atoms with Crippen LogP contribution in [0.1, 0.15) is 15.9 Å². The van der Waals surface area contributed by atoms with E-state index in [0.717, 1.165) is 10.0 Å². The van der Waals surface area contributed by atoms with E-state index < -0.39 is 5.97 Å². The van der Waals surface area contributed by atoms with Gasteiger partial charge in [-0.25, -0.2) is 9.78 Å². The van der Waals surface area contributed by atoms with E-state index in [4.69, 9.17) is 9.84 Å². The molecule has 0 spiro atoms. The van der Waals surface area contributed by atoms with Crippen molar-refractivity contribution in [1.29, 1.82) is 0 Å². The molecule has 0 radical (unpaired) electrons. The minimum Gasteiger partial charge on any atom is -0.481 e.